The zero-order valence-corrected chi connectivity index (χ0v) is 18.6. The van der Waals surface area contributed by atoms with Crippen molar-refractivity contribution in [2.45, 2.75) is 49.8 Å². The molecule has 1 amide bonds. The fraction of sp³-hybridized carbons (Fsp3) is 0.524. The SMILES string of the molecule is CCc1cnc(N2CCC(N3CCC(Oc4ccc(S(C)(=O)=O)nc4)C3=O)CC2)nc1. The normalized spacial score (nSPS) is 20.3. The molecule has 0 aromatic carbocycles. The molecule has 0 bridgehead atoms. The molecule has 166 valence electrons. The predicted molar refractivity (Wildman–Crippen MR) is 115 cm³/mol. The van der Waals surface area contributed by atoms with Crippen LogP contribution in [-0.2, 0) is 21.1 Å². The van der Waals surface area contributed by atoms with E-state index in [1.165, 1.54) is 12.3 Å². The highest BCUT2D eigenvalue weighted by molar-refractivity contribution is 7.90. The van der Waals surface area contributed by atoms with E-state index in [1.807, 2.05) is 17.3 Å². The molecule has 0 N–H and O–H groups in total. The Kier molecular flexibility index (Phi) is 6.08. The Balaban J connectivity index is 1.32. The van der Waals surface area contributed by atoms with Crippen LogP contribution in [-0.4, -0.2) is 72.2 Å². The molecule has 2 aromatic rings. The smallest absolute Gasteiger partial charge is 0.263 e. The molecule has 0 aliphatic carbocycles. The number of hydrogen-bond donors (Lipinski definition) is 0. The minimum absolute atomic E-state index is 0.0145. The van der Waals surface area contributed by atoms with Gasteiger partial charge in [-0.1, -0.05) is 6.92 Å². The van der Waals surface area contributed by atoms with Crippen molar-refractivity contribution in [2.24, 2.45) is 0 Å². The van der Waals surface area contributed by atoms with E-state index in [0.717, 1.165) is 50.1 Å². The maximum atomic E-state index is 12.9. The van der Waals surface area contributed by atoms with Gasteiger partial charge in [-0.15, -0.1) is 0 Å². The van der Waals surface area contributed by atoms with Crippen molar-refractivity contribution < 1.29 is 17.9 Å². The van der Waals surface area contributed by atoms with Crippen molar-refractivity contribution in [1.82, 2.24) is 19.9 Å². The van der Waals surface area contributed by atoms with Crippen LogP contribution in [0, 0.1) is 0 Å². The van der Waals surface area contributed by atoms with Gasteiger partial charge in [0.2, 0.25) is 5.95 Å². The molecular formula is C21H27N5O4S. The number of likely N-dealkylation sites (tertiary alicyclic amines) is 1. The maximum absolute atomic E-state index is 12.9. The van der Waals surface area contributed by atoms with E-state index in [-0.39, 0.29) is 17.0 Å². The molecular weight excluding hydrogens is 418 g/mol. The molecule has 2 aromatic heterocycles. The second-order valence-corrected chi connectivity index (χ2v) is 9.96. The molecule has 31 heavy (non-hydrogen) atoms. The molecule has 2 saturated heterocycles. The van der Waals surface area contributed by atoms with Crippen LogP contribution in [0.25, 0.3) is 0 Å². The number of hydrogen-bond acceptors (Lipinski definition) is 8. The first-order chi connectivity index (χ1) is 14.8. The summed E-state index contributed by atoms with van der Waals surface area (Å²) in [4.78, 5) is 29.8. The average molecular weight is 446 g/mol. The van der Waals surface area contributed by atoms with Crippen LogP contribution in [0.5, 0.6) is 5.75 Å². The van der Waals surface area contributed by atoms with Gasteiger partial charge in [0.05, 0.1) is 6.20 Å². The first-order valence-corrected chi connectivity index (χ1v) is 12.4. The monoisotopic (exact) mass is 445 g/mol. The minimum atomic E-state index is -3.36. The summed E-state index contributed by atoms with van der Waals surface area (Å²) >= 11 is 0. The van der Waals surface area contributed by atoms with Gasteiger partial charge in [-0.3, -0.25) is 4.79 Å². The second-order valence-electron chi connectivity index (χ2n) is 7.99. The summed E-state index contributed by atoms with van der Waals surface area (Å²) in [5.41, 5.74) is 1.12. The van der Waals surface area contributed by atoms with Gasteiger partial charge in [0.15, 0.2) is 21.0 Å². The third-order valence-corrected chi connectivity index (χ3v) is 6.85. The number of ether oxygens (including phenoxy) is 1. The molecule has 0 spiro atoms. The van der Waals surface area contributed by atoms with Gasteiger partial charge >= 0.3 is 0 Å². The highest BCUT2D eigenvalue weighted by Gasteiger charge is 2.38. The van der Waals surface area contributed by atoms with Crippen LogP contribution in [0.4, 0.5) is 5.95 Å². The summed E-state index contributed by atoms with van der Waals surface area (Å²) in [7, 11) is -3.36. The molecule has 2 fully saturated rings. The Morgan fingerprint density at radius 1 is 1.03 bits per heavy atom. The van der Waals surface area contributed by atoms with E-state index in [9.17, 15) is 13.2 Å². The van der Waals surface area contributed by atoms with E-state index < -0.39 is 15.9 Å². The fourth-order valence-corrected chi connectivity index (χ4v) is 4.60. The Bertz CT molecular complexity index is 1020. The van der Waals surface area contributed by atoms with Gasteiger partial charge in [-0.2, -0.15) is 0 Å². The summed E-state index contributed by atoms with van der Waals surface area (Å²) in [5.74, 6) is 1.12. The van der Waals surface area contributed by atoms with E-state index in [1.54, 1.807) is 6.07 Å². The minimum Gasteiger partial charge on any atom is -0.479 e. The highest BCUT2D eigenvalue weighted by Crippen LogP contribution is 2.26. The van der Waals surface area contributed by atoms with E-state index in [4.69, 9.17) is 4.74 Å². The van der Waals surface area contributed by atoms with Crippen LogP contribution >= 0.6 is 0 Å². The fourth-order valence-electron chi connectivity index (χ4n) is 4.04. The van der Waals surface area contributed by atoms with Crippen molar-refractivity contribution in [3.63, 3.8) is 0 Å². The second kappa shape index (κ2) is 8.78. The Hall–Kier alpha value is -2.75. The van der Waals surface area contributed by atoms with Crippen LogP contribution < -0.4 is 9.64 Å². The number of amides is 1. The molecule has 9 nitrogen and oxygen atoms in total. The van der Waals surface area contributed by atoms with Gasteiger partial charge in [-0.25, -0.2) is 23.4 Å². The van der Waals surface area contributed by atoms with Gasteiger partial charge in [0, 0.05) is 50.7 Å². The van der Waals surface area contributed by atoms with Crippen LogP contribution in [0.15, 0.2) is 35.7 Å². The van der Waals surface area contributed by atoms with E-state index >= 15 is 0 Å². The van der Waals surface area contributed by atoms with E-state index in [0.29, 0.717) is 18.7 Å². The molecule has 4 heterocycles. The highest BCUT2D eigenvalue weighted by atomic mass is 32.2. The molecule has 2 aliphatic heterocycles. The molecule has 0 radical (unpaired) electrons. The first-order valence-electron chi connectivity index (χ1n) is 10.5. The number of carbonyl (C=O) groups excluding carboxylic acids is 1. The molecule has 2 aliphatic rings. The van der Waals surface area contributed by atoms with Crippen LogP contribution in [0.1, 0.15) is 31.7 Å². The number of anilines is 1. The summed E-state index contributed by atoms with van der Waals surface area (Å²) in [5, 5.41) is -0.0145. The molecule has 10 heteroatoms. The van der Waals surface area contributed by atoms with Crippen molar-refractivity contribution in [3.05, 3.63) is 36.3 Å². The zero-order chi connectivity index (χ0) is 22.0. The van der Waals surface area contributed by atoms with Crippen LogP contribution in [0.3, 0.4) is 0 Å². The topological polar surface area (TPSA) is 106 Å². The number of carbonyl (C=O) groups is 1. The number of aromatic nitrogens is 3. The third-order valence-electron chi connectivity index (χ3n) is 5.85. The lowest BCUT2D eigenvalue weighted by Gasteiger charge is -2.36. The molecule has 0 saturated carbocycles. The number of rotatable bonds is 6. The average Bonchev–Trinajstić information content (AvgIpc) is 3.14. The van der Waals surface area contributed by atoms with Crippen molar-refractivity contribution in [3.8, 4) is 5.75 Å². The number of sulfone groups is 1. The van der Waals surface area contributed by atoms with Gasteiger partial charge in [-0.05, 0) is 37.0 Å². The number of nitrogens with zero attached hydrogens (tertiary/aromatic N) is 5. The van der Waals surface area contributed by atoms with E-state index in [2.05, 4.69) is 26.8 Å². The summed E-state index contributed by atoms with van der Waals surface area (Å²) in [6.07, 6.45) is 8.89. The van der Waals surface area contributed by atoms with Gasteiger partial charge in [0.25, 0.3) is 5.91 Å². The standard InChI is InChI=1S/C21H27N5O4S/c1-3-15-12-23-21(24-13-15)25-9-6-16(7-10-25)26-11-8-18(20(26)27)30-17-4-5-19(22-14-17)31(2,28)29/h4-5,12-14,16,18H,3,6-11H2,1-2H3. The lowest BCUT2D eigenvalue weighted by atomic mass is 10.0. The number of pyridine rings is 1. The summed E-state index contributed by atoms with van der Waals surface area (Å²) < 4.78 is 28.9. The summed E-state index contributed by atoms with van der Waals surface area (Å²) in [6, 6.07) is 3.12. The maximum Gasteiger partial charge on any atom is 0.263 e. The molecule has 1 atom stereocenters. The number of aryl methyl sites for hydroxylation is 1. The van der Waals surface area contributed by atoms with Gasteiger partial charge < -0.3 is 14.5 Å². The van der Waals surface area contributed by atoms with Gasteiger partial charge in [0.1, 0.15) is 5.75 Å². The van der Waals surface area contributed by atoms with Crippen molar-refractivity contribution in [1.29, 1.82) is 0 Å². The largest absolute Gasteiger partial charge is 0.479 e. The molecule has 1 unspecified atom stereocenters. The predicted octanol–water partition coefficient (Wildman–Crippen LogP) is 1.49. The number of piperidine rings is 1. The quantitative estimate of drug-likeness (QED) is 0.658. The Morgan fingerprint density at radius 2 is 1.74 bits per heavy atom. The molecule has 4 rings (SSSR count). The van der Waals surface area contributed by atoms with Crippen LogP contribution in [0.2, 0.25) is 0 Å². The third kappa shape index (κ3) is 4.79. The zero-order valence-electron chi connectivity index (χ0n) is 17.8. The Labute approximate surface area is 182 Å². The van der Waals surface area contributed by atoms with Crippen molar-refractivity contribution >= 4 is 21.7 Å². The first kappa shape index (κ1) is 21.5. The lowest BCUT2D eigenvalue weighted by Crippen LogP contribution is -2.47. The summed E-state index contributed by atoms with van der Waals surface area (Å²) in [6.45, 7) is 4.35. The van der Waals surface area contributed by atoms with Crippen molar-refractivity contribution in [2.75, 3.05) is 30.8 Å². The lowest BCUT2D eigenvalue weighted by molar-refractivity contribution is -0.135. The Morgan fingerprint density at radius 3 is 2.32 bits per heavy atom.